The van der Waals surface area contributed by atoms with Crippen molar-refractivity contribution < 1.29 is 97.8 Å². The van der Waals surface area contributed by atoms with Gasteiger partial charge in [-0.15, -0.1) is 0 Å². The van der Waals surface area contributed by atoms with Crippen LogP contribution in [0.5, 0.6) is 0 Å². The van der Waals surface area contributed by atoms with Crippen molar-refractivity contribution in [1.82, 2.24) is 0 Å². The van der Waals surface area contributed by atoms with Gasteiger partial charge < -0.3 is 88.2 Å². The van der Waals surface area contributed by atoms with Gasteiger partial charge in [0.15, 0.2) is 18.9 Å². The van der Waals surface area contributed by atoms with Gasteiger partial charge in [-0.25, -0.2) is 9.59 Å². The Morgan fingerprint density at radius 1 is 0.667 bits per heavy atom. The summed E-state index contributed by atoms with van der Waals surface area (Å²) in [7, 11) is 2.42. The molecule has 8 N–H and O–H groups in total. The lowest BCUT2D eigenvalue weighted by atomic mass is 9.77. The Bertz CT molecular complexity index is 1390. The number of aliphatic hydroxyl groups excluding tert-OH is 8. The van der Waals surface area contributed by atoms with Gasteiger partial charge in [0, 0.05) is 24.2 Å². The molecule has 1 aliphatic carbocycles. The summed E-state index contributed by atoms with van der Waals surface area (Å²) >= 11 is 0. The molecule has 20 nitrogen and oxygen atoms in total. The molecule has 0 bridgehead atoms. The molecule has 3 saturated heterocycles. The van der Waals surface area contributed by atoms with E-state index in [1.54, 1.807) is 13.8 Å². The minimum absolute atomic E-state index is 0.00975. The standard InChI is InChI=1S/C34H50O20/c1-11-17(36)5-13-15(29(43)45-3)8-48-31(21(11)13)53-34-28(42)26(40)24(38)19(52-34)10-47-20-6-14-16(30(44)46-4)9-49-32(22(14)12(2)50-20)54-33-27(41)25(39)23(37)18(7-35)51-33/h8-9,11-14,17-28,31-42H,5-7,10H2,1-4H3/t11-,12+,13+,14+,17+,18-,19+,20-,21+,22+,23-,24+,25+,26-,27-,28+,31-,32-,33+,34-/m0/s1. The molecule has 5 aliphatic heterocycles. The van der Waals surface area contributed by atoms with Gasteiger partial charge in [-0.1, -0.05) is 6.92 Å². The van der Waals surface area contributed by atoms with Crippen LogP contribution in [0.25, 0.3) is 0 Å². The Balaban J connectivity index is 1.13. The molecule has 0 spiro atoms. The van der Waals surface area contributed by atoms with E-state index in [0.717, 1.165) is 6.26 Å². The van der Waals surface area contributed by atoms with Crippen molar-refractivity contribution in [3.63, 3.8) is 0 Å². The summed E-state index contributed by atoms with van der Waals surface area (Å²) in [6, 6.07) is 0. The van der Waals surface area contributed by atoms with Crippen LogP contribution in [0.3, 0.4) is 0 Å². The minimum atomic E-state index is -1.75. The summed E-state index contributed by atoms with van der Waals surface area (Å²) in [6.07, 6.45) is -18.1. The maximum Gasteiger partial charge on any atom is 0.337 e. The van der Waals surface area contributed by atoms with Gasteiger partial charge in [-0.05, 0) is 19.3 Å². The third-order valence-electron chi connectivity index (χ3n) is 11.4. The van der Waals surface area contributed by atoms with E-state index < -0.39 is 147 Å². The van der Waals surface area contributed by atoms with Crippen molar-refractivity contribution in [2.45, 2.75) is 119 Å². The maximum absolute atomic E-state index is 12.8. The molecule has 0 aromatic rings. The second-order valence-electron chi connectivity index (χ2n) is 14.5. The highest BCUT2D eigenvalue weighted by Crippen LogP contribution is 2.48. The Morgan fingerprint density at radius 3 is 1.70 bits per heavy atom. The fraction of sp³-hybridized carbons (Fsp3) is 0.824. The quantitative estimate of drug-likeness (QED) is 0.0997. The molecule has 0 radical (unpaired) electrons. The number of carbonyl (C=O) groups excluding carboxylic acids is 2. The molecule has 54 heavy (non-hydrogen) atoms. The largest absolute Gasteiger partial charge is 0.472 e. The normalized spacial score (nSPS) is 47.6. The Labute approximate surface area is 309 Å². The van der Waals surface area contributed by atoms with Crippen molar-refractivity contribution in [3.8, 4) is 0 Å². The zero-order chi connectivity index (χ0) is 39.2. The number of ether oxygens (including phenoxy) is 10. The average molecular weight is 779 g/mol. The molecule has 5 heterocycles. The molecule has 0 aromatic heterocycles. The first kappa shape index (κ1) is 41.1. The molecule has 6 rings (SSSR count). The highest BCUT2D eigenvalue weighted by Gasteiger charge is 2.55. The van der Waals surface area contributed by atoms with E-state index in [9.17, 15) is 50.4 Å². The number of hydrogen-bond acceptors (Lipinski definition) is 20. The van der Waals surface area contributed by atoms with Crippen LogP contribution in [0.15, 0.2) is 23.7 Å². The minimum Gasteiger partial charge on any atom is -0.472 e. The lowest BCUT2D eigenvalue weighted by molar-refractivity contribution is -0.359. The number of rotatable bonds is 10. The van der Waals surface area contributed by atoms with Gasteiger partial charge in [-0.3, -0.25) is 0 Å². The molecule has 0 aromatic carbocycles. The van der Waals surface area contributed by atoms with E-state index in [4.69, 9.17) is 47.4 Å². The van der Waals surface area contributed by atoms with Crippen LogP contribution in [0.1, 0.15) is 26.7 Å². The van der Waals surface area contributed by atoms with Crippen molar-refractivity contribution in [1.29, 1.82) is 0 Å². The summed E-state index contributed by atoms with van der Waals surface area (Å²) < 4.78 is 56.7. The van der Waals surface area contributed by atoms with Crippen LogP contribution < -0.4 is 0 Å². The van der Waals surface area contributed by atoms with Crippen LogP contribution in [-0.2, 0) is 57.0 Å². The third-order valence-corrected chi connectivity index (χ3v) is 11.4. The number of carbonyl (C=O) groups is 2. The predicted molar refractivity (Wildman–Crippen MR) is 171 cm³/mol. The van der Waals surface area contributed by atoms with Crippen molar-refractivity contribution in [3.05, 3.63) is 23.7 Å². The monoisotopic (exact) mass is 778 g/mol. The smallest absolute Gasteiger partial charge is 0.337 e. The van der Waals surface area contributed by atoms with E-state index in [1.165, 1.54) is 20.5 Å². The fourth-order valence-corrected chi connectivity index (χ4v) is 8.29. The van der Waals surface area contributed by atoms with Gasteiger partial charge in [-0.2, -0.15) is 0 Å². The first-order valence-corrected chi connectivity index (χ1v) is 17.8. The molecule has 1 saturated carbocycles. The van der Waals surface area contributed by atoms with Crippen molar-refractivity contribution in [2.75, 3.05) is 27.4 Å². The molecular weight excluding hydrogens is 728 g/mol. The lowest BCUT2D eigenvalue weighted by Gasteiger charge is -2.48. The number of fused-ring (bicyclic) bond motifs is 2. The van der Waals surface area contributed by atoms with Crippen molar-refractivity contribution >= 4 is 11.9 Å². The first-order chi connectivity index (χ1) is 25.7. The summed E-state index contributed by atoms with van der Waals surface area (Å²) in [5, 5.41) is 83.6. The SMILES string of the molecule is COC(=O)C1=CO[C@@H](O[C@@H]2O[C@H](CO[C@@H]3C[C@@H]4C(C(=O)OC)=CO[C@@H](O[C@H]5O[C@@H](CO)[C@H](O)[C@@H](O)[C@@H]5O)[C@@H]4[C@@H](C)O3)[C@@H](O)[C@H](O)[C@H]2O)[C@@H]2[C@@H](C)[C@H](O)C[C@H]12. The van der Waals surface area contributed by atoms with E-state index in [0.29, 0.717) is 0 Å². The number of methoxy groups -OCH3 is 2. The van der Waals surface area contributed by atoms with Gasteiger partial charge in [0.25, 0.3) is 0 Å². The van der Waals surface area contributed by atoms with Gasteiger partial charge in [0.1, 0.15) is 48.8 Å². The molecule has 20 heteroatoms. The summed E-state index contributed by atoms with van der Waals surface area (Å²) in [6.45, 7) is 2.34. The predicted octanol–water partition coefficient (Wildman–Crippen LogP) is -3.53. The number of aliphatic hydroxyl groups is 8. The van der Waals surface area contributed by atoms with Crippen molar-refractivity contribution in [2.24, 2.45) is 29.6 Å². The highest BCUT2D eigenvalue weighted by atomic mass is 16.8. The Hall–Kier alpha value is -2.54. The molecule has 306 valence electrons. The topological polar surface area (TPSA) is 288 Å². The third kappa shape index (κ3) is 7.75. The average Bonchev–Trinajstić information content (AvgIpc) is 3.47. The lowest BCUT2D eigenvalue weighted by Crippen LogP contribution is -2.61. The highest BCUT2D eigenvalue weighted by molar-refractivity contribution is 5.89. The summed E-state index contributed by atoms with van der Waals surface area (Å²) in [5.41, 5.74) is 0.338. The van der Waals surface area contributed by atoms with E-state index >= 15 is 0 Å². The molecule has 0 unspecified atom stereocenters. The second kappa shape index (κ2) is 16.9. The zero-order valence-corrected chi connectivity index (χ0v) is 30.0. The number of hydrogen-bond donors (Lipinski definition) is 8. The van der Waals surface area contributed by atoms with Crippen LogP contribution in [0, 0.1) is 29.6 Å². The fourth-order valence-electron chi connectivity index (χ4n) is 8.29. The van der Waals surface area contributed by atoms with E-state index in [-0.39, 0.29) is 24.0 Å². The van der Waals surface area contributed by atoms with Gasteiger partial charge in [0.2, 0.25) is 12.6 Å². The van der Waals surface area contributed by atoms with Crippen LogP contribution >= 0.6 is 0 Å². The van der Waals surface area contributed by atoms with Gasteiger partial charge >= 0.3 is 11.9 Å². The van der Waals surface area contributed by atoms with E-state index in [1.807, 2.05) is 0 Å². The zero-order valence-electron chi connectivity index (χ0n) is 30.0. The first-order valence-electron chi connectivity index (χ1n) is 17.8. The molecule has 6 aliphatic rings. The molecular formula is C34H50O20. The summed E-state index contributed by atoms with van der Waals surface area (Å²) in [5.74, 6) is -4.20. The molecule has 0 amide bonds. The van der Waals surface area contributed by atoms with Crippen LogP contribution in [0.2, 0.25) is 0 Å². The Morgan fingerprint density at radius 2 is 1.17 bits per heavy atom. The van der Waals surface area contributed by atoms with E-state index in [2.05, 4.69) is 0 Å². The van der Waals surface area contributed by atoms with Gasteiger partial charge in [0.05, 0.1) is 69.2 Å². The number of esters is 2. The molecule has 20 atom stereocenters. The summed E-state index contributed by atoms with van der Waals surface area (Å²) in [4.78, 5) is 25.2. The maximum atomic E-state index is 12.8. The second-order valence-corrected chi connectivity index (χ2v) is 14.5. The van der Waals surface area contributed by atoms with Crippen LogP contribution in [-0.4, -0.2) is 173 Å². The Kier molecular flexibility index (Phi) is 12.9. The molecule has 4 fully saturated rings. The van der Waals surface area contributed by atoms with Crippen LogP contribution in [0.4, 0.5) is 0 Å².